The van der Waals surface area contributed by atoms with Crippen molar-refractivity contribution in [3.05, 3.63) is 59.4 Å². The van der Waals surface area contributed by atoms with E-state index in [2.05, 4.69) is 36.6 Å². The first-order valence-corrected chi connectivity index (χ1v) is 7.37. The van der Waals surface area contributed by atoms with Gasteiger partial charge < -0.3 is 5.11 Å². The lowest BCUT2D eigenvalue weighted by Gasteiger charge is -2.10. The highest BCUT2D eigenvalue weighted by atomic mass is 16.3. The molecule has 108 valence electrons. The van der Waals surface area contributed by atoms with E-state index >= 15 is 0 Å². The summed E-state index contributed by atoms with van der Waals surface area (Å²) in [5, 5.41) is 9.63. The van der Waals surface area contributed by atoms with E-state index < -0.39 is 6.10 Å². The summed E-state index contributed by atoms with van der Waals surface area (Å²) < 4.78 is 2.20. The number of aryl methyl sites for hydroxylation is 2. The van der Waals surface area contributed by atoms with E-state index in [0.717, 1.165) is 34.5 Å². The first kappa shape index (κ1) is 13.8. The molecule has 2 aromatic carbocycles. The Balaban J connectivity index is 2.21. The van der Waals surface area contributed by atoms with Crippen molar-refractivity contribution in [2.24, 2.45) is 0 Å². The molecule has 0 saturated carbocycles. The van der Waals surface area contributed by atoms with Crippen molar-refractivity contribution in [1.29, 1.82) is 0 Å². The van der Waals surface area contributed by atoms with Gasteiger partial charge in [0.25, 0.3) is 0 Å². The van der Waals surface area contributed by atoms with Gasteiger partial charge in [-0.25, -0.2) is 4.98 Å². The molecular weight excluding hydrogens is 260 g/mol. The predicted molar refractivity (Wildman–Crippen MR) is 85.8 cm³/mol. The van der Waals surface area contributed by atoms with Crippen LogP contribution in [-0.2, 0) is 6.42 Å². The van der Waals surface area contributed by atoms with Crippen LogP contribution in [0.4, 0.5) is 0 Å². The van der Waals surface area contributed by atoms with Crippen molar-refractivity contribution >= 4 is 11.0 Å². The molecule has 0 spiro atoms. The normalized spacial score (nSPS) is 12.8. The van der Waals surface area contributed by atoms with E-state index in [1.54, 1.807) is 6.92 Å². The van der Waals surface area contributed by atoms with E-state index in [-0.39, 0.29) is 0 Å². The molecule has 0 aliphatic rings. The fraction of sp³-hybridized carbons (Fsp3) is 0.278. The van der Waals surface area contributed by atoms with Gasteiger partial charge in [-0.3, -0.25) is 4.57 Å². The van der Waals surface area contributed by atoms with E-state index in [0.29, 0.717) is 0 Å². The molecule has 3 heteroatoms. The van der Waals surface area contributed by atoms with Crippen LogP contribution in [0, 0.1) is 6.92 Å². The monoisotopic (exact) mass is 280 g/mol. The van der Waals surface area contributed by atoms with Gasteiger partial charge in [-0.2, -0.15) is 0 Å². The Morgan fingerprint density at radius 2 is 1.86 bits per heavy atom. The van der Waals surface area contributed by atoms with Gasteiger partial charge in [-0.1, -0.05) is 31.2 Å². The summed E-state index contributed by atoms with van der Waals surface area (Å²) in [5.41, 5.74) is 5.41. The second kappa shape index (κ2) is 5.34. The van der Waals surface area contributed by atoms with E-state index in [1.165, 1.54) is 5.56 Å². The number of fused-ring (bicyclic) bond motifs is 1. The maximum atomic E-state index is 9.63. The van der Waals surface area contributed by atoms with Crippen molar-refractivity contribution in [1.82, 2.24) is 9.55 Å². The molecule has 0 fully saturated rings. The Kier molecular flexibility index (Phi) is 3.52. The third-order valence-corrected chi connectivity index (χ3v) is 3.91. The van der Waals surface area contributed by atoms with Gasteiger partial charge >= 0.3 is 0 Å². The molecule has 21 heavy (non-hydrogen) atoms. The van der Waals surface area contributed by atoms with Crippen LogP contribution in [0.3, 0.4) is 0 Å². The average molecular weight is 280 g/mol. The summed E-state index contributed by atoms with van der Waals surface area (Å²) in [7, 11) is 0. The van der Waals surface area contributed by atoms with Crippen LogP contribution >= 0.6 is 0 Å². The lowest BCUT2D eigenvalue weighted by Crippen LogP contribution is -2.00. The standard InChI is InChI=1S/C18H20N2O/c1-4-17-19-18-12(2)6-5-7-16(18)20(17)15-10-8-14(9-11-15)13(3)21/h5-11,13,21H,4H2,1-3H3. The largest absolute Gasteiger partial charge is 0.389 e. The van der Waals surface area contributed by atoms with Gasteiger partial charge in [-0.15, -0.1) is 0 Å². The van der Waals surface area contributed by atoms with Gasteiger partial charge in [0.15, 0.2) is 0 Å². The predicted octanol–water partition coefficient (Wildman–Crippen LogP) is 3.95. The number of hydrogen-bond donors (Lipinski definition) is 1. The molecule has 0 aliphatic heterocycles. The summed E-state index contributed by atoms with van der Waals surface area (Å²) in [5.74, 6) is 1.06. The maximum Gasteiger partial charge on any atom is 0.114 e. The smallest absolute Gasteiger partial charge is 0.114 e. The SMILES string of the molecule is CCc1nc2c(C)cccc2n1-c1ccc(C(C)O)cc1. The molecule has 3 rings (SSSR count). The Bertz CT molecular complexity index is 770. The molecule has 1 aromatic heterocycles. The third kappa shape index (κ3) is 2.34. The molecule has 1 unspecified atom stereocenters. The molecule has 1 heterocycles. The van der Waals surface area contributed by atoms with Gasteiger partial charge in [0.2, 0.25) is 0 Å². The summed E-state index contributed by atoms with van der Waals surface area (Å²) in [4.78, 5) is 4.78. The number of aliphatic hydroxyl groups excluding tert-OH is 1. The second-order valence-corrected chi connectivity index (χ2v) is 5.43. The molecule has 3 aromatic rings. The van der Waals surface area contributed by atoms with Gasteiger partial charge in [-0.05, 0) is 43.2 Å². The van der Waals surface area contributed by atoms with Crippen LogP contribution in [-0.4, -0.2) is 14.7 Å². The number of aliphatic hydroxyl groups is 1. The number of para-hydroxylation sites is 1. The summed E-state index contributed by atoms with van der Waals surface area (Å²) in [6.45, 7) is 6.00. The second-order valence-electron chi connectivity index (χ2n) is 5.43. The highest BCUT2D eigenvalue weighted by Crippen LogP contribution is 2.25. The first-order valence-electron chi connectivity index (χ1n) is 7.37. The molecule has 0 radical (unpaired) electrons. The lowest BCUT2D eigenvalue weighted by atomic mass is 10.1. The van der Waals surface area contributed by atoms with Gasteiger partial charge in [0.05, 0.1) is 17.1 Å². The van der Waals surface area contributed by atoms with Crippen LogP contribution in [0.15, 0.2) is 42.5 Å². The van der Waals surface area contributed by atoms with Crippen LogP contribution in [0.2, 0.25) is 0 Å². The zero-order valence-electron chi connectivity index (χ0n) is 12.7. The topological polar surface area (TPSA) is 38.0 Å². The molecule has 3 nitrogen and oxygen atoms in total. The van der Waals surface area contributed by atoms with Crippen molar-refractivity contribution < 1.29 is 5.11 Å². The van der Waals surface area contributed by atoms with Crippen LogP contribution < -0.4 is 0 Å². The number of aromatic nitrogens is 2. The molecule has 0 saturated heterocycles. The number of nitrogens with zero attached hydrogens (tertiary/aromatic N) is 2. The number of hydrogen-bond acceptors (Lipinski definition) is 2. The zero-order valence-corrected chi connectivity index (χ0v) is 12.7. The van der Waals surface area contributed by atoms with Crippen molar-refractivity contribution in [2.45, 2.75) is 33.3 Å². The molecular formula is C18H20N2O. The Labute approximate surface area is 124 Å². The first-order chi connectivity index (χ1) is 10.1. The van der Waals surface area contributed by atoms with Crippen molar-refractivity contribution in [3.63, 3.8) is 0 Å². The van der Waals surface area contributed by atoms with Gasteiger partial charge in [0, 0.05) is 12.1 Å². The Hall–Kier alpha value is -2.13. The fourth-order valence-corrected chi connectivity index (χ4v) is 2.71. The number of rotatable bonds is 3. The number of benzene rings is 2. The lowest BCUT2D eigenvalue weighted by molar-refractivity contribution is 0.199. The third-order valence-electron chi connectivity index (χ3n) is 3.91. The number of imidazole rings is 1. The summed E-state index contributed by atoms with van der Waals surface area (Å²) in [6, 6.07) is 14.3. The van der Waals surface area contributed by atoms with Crippen molar-refractivity contribution in [3.8, 4) is 5.69 Å². The highest BCUT2D eigenvalue weighted by molar-refractivity contribution is 5.81. The highest BCUT2D eigenvalue weighted by Gasteiger charge is 2.12. The quantitative estimate of drug-likeness (QED) is 0.789. The van der Waals surface area contributed by atoms with Crippen LogP contribution in [0.1, 0.15) is 36.9 Å². The van der Waals surface area contributed by atoms with Crippen LogP contribution in [0.25, 0.3) is 16.7 Å². The van der Waals surface area contributed by atoms with E-state index in [1.807, 2.05) is 24.3 Å². The molecule has 1 atom stereocenters. The van der Waals surface area contributed by atoms with Crippen molar-refractivity contribution in [2.75, 3.05) is 0 Å². The Morgan fingerprint density at radius 1 is 1.14 bits per heavy atom. The minimum absolute atomic E-state index is 0.438. The van der Waals surface area contributed by atoms with Gasteiger partial charge in [0.1, 0.15) is 5.82 Å². The minimum Gasteiger partial charge on any atom is -0.389 e. The van der Waals surface area contributed by atoms with E-state index in [4.69, 9.17) is 4.98 Å². The molecule has 0 amide bonds. The molecule has 0 aliphatic carbocycles. The average Bonchev–Trinajstić information content (AvgIpc) is 2.87. The minimum atomic E-state index is -0.438. The summed E-state index contributed by atoms with van der Waals surface area (Å²) in [6.07, 6.45) is 0.443. The van der Waals surface area contributed by atoms with E-state index in [9.17, 15) is 5.11 Å². The molecule has 1 N–H and O–H groups in total. The molecule has 0 bridgehead atoms. The fourth-order valence-electron chi connectivity index (χ4n) is 2.71. The summed E-state index contributed by atoms with van der Waals surface area (Å²) >= 11 is 0. The Morgan fingerprint density at radius 3 is 2.48 bits per heavy atom. The van der Waals surface area contributed by atoms with Crippen LogP contribution in [0.5, 0.6) is 0 Å². The zero-order chi connectivity index (χ0) is 15.0. The maximum absolute atomic E-state index is 9.63.